The lowest BCUT2D eigenvalue weighted by molar-refractivity contribution is 0.400. The van der Waals surface area contributed by atoms with Crippen molar-refractivity contribution >= 4 is 11.6 Å². The van der Waals surface area contributed by atoms with Gasteiger partial charge in [-0.2, -0.15) is 0 Å². The minimum Gasteiger partial charge on any atom is -0.496 e. The van der Waals surface area contributed by atoms with E-state index in [1.807, 2.05) is 25.1 Å². The molecule has 4 heteroatoms. The summed E-state index contributed by atoms with van der Waals surface area (Å²) in [6.07, 6.45) is 0.852. The highest BCUT2D eigenvalue weighted by Crippen LogP contribution is 2.31. The normalized spacial score (nSPS) is 12.4. The van der Waals surface area contributed by atoms with Gasteiger partial charge in [-0.3, -0.25) is 0 Å². The van der Waals surface area contributed by atoms with Crippen LogP contribution < -0.4 is 10.5 Å². The topological polar surface area (TPSA) is 48.4 Å². The van der Waals surface area contributed by atoms with Gasteiger partial charge in [0.25, 0.3) is 0 Å². The molecule has 2 N–H and O–H groups in total. The van der Waals surface area contributed by atoms with Gasteiger partial charge in [-0.05, 0) is 24.3 Å². The molecule has 1 heterocycles. The Labute approximate surface area is 111 Å². The van der Waals surface area contributed by atoms with Crippen LogP contribution in [-0.2, 0) is 6.42 Å². The maximum absolute atomic E-state index is 6.19. The van der Waals surface area contributed by atoms with Crippen molar-refractivity contribution in [2.24, 2.45) is 5.73 Å². The Morgan fingerprint density at radius 3 is 2.72 bits per heavy atom. The molecule has 0 aliphatic rings. The summed E-state index contributed by atoms with van der Waals surface area (Å²) >= 11 is 5.93. The zero-order valence-corrected chi connectivity index (χ0v) is 11.2. The smallest absolute Gasteiger partial charge is 0.125 e. The molecule has 0 spiro atoms. The van der Waals surface area contributed by atoms with Crippen LogP contribution in [-0.4, -0.2) is 7.11 Å². The van der Waals surface area contributed by atoms with Crippen molar-refractivity contribution in [2.75, 3.05) is 7.11 Å². The van der Waals surface area contributed by atoms with E-state index < -0.39 is 0 Å². The Hall–Kier alpha value is -1.45. The third-order valence-electron chi connectivity index (χ3n) is 2.87. The van der Waals surface area contributed by atoms with Crippen LogP contribution in [0, 0.1) is 0 Å². The monoisotopic (exact) mass is 265 g/mol. The number of hydrogen-bond donors (Lipinski definition) is 1. The van der Waals surface area contributed by atoms with E-state index in [-0.39, 0.29) is 6.04 Å². The summed E-state index contributed by atoms with van der Waals surface area (Å²) in [5.41, 5.74) is 7.05. The van der Waals surface area contributed by atoms with Crippen LogP contribution in [0.15, 0.2) is 34.7 Å². The molecule has 1 aromatic heterocycles. The fourth-order valence-corrected chi connectivity index (χ4v) is 2.01. The maximum Gasteiger partial charge on any atom is 0.125 e. The summed E-state index contributed by atoms with van der Waals surface area (Å²) in [6.45, 7) is 2.04. The summed E-state index contributed by atoms with van der Waals surface area (Å²) < 4.78 is 11.0. The van der Waals surface area contributed by atoms with Gasteiger partial charge in [0.15, 0.2) is 0 Å². The number of rotatable bonds is 4. The first-order valence-corrected chi connectivity index (χ1v) is 6.21. The molecule has 0 aliphatic carbocycles. The molecular weight excluding hydrogens is 250 g/mol. The molecule has 96 valence electrons. The molecule has 0 amide bonds. The highest BCUT2D eigenvalue weighted by atomic mass is 35.5. The number of furan rings is 1. The second-order valence-corrected chi connectivity index (χ2v) is 4.46. The summed E-state index contributed by atoms with van der Waals surface area (Å²) in [5.74, 6) is 2.32. The van der Waals surface area contributed by atoms with Crippen molar-refractivity contribution in [3.8, 4) is 5.75 Å². The number of aryl methyl sites for hydroxylation is 1. The fourth-order valence-electron chi connectivity index (χ4n) is 1.85. The number of methoxy groups -OCH3 is 1. The minimum atomic E-state index is -0.350. The van der Waals surface area contributed by atoms with E-state index in [2.05, 4.69) is 0 Å². The first kappa shape index (κ1) is 13.0. The lowest BCUT2D eigenvalue weighted by atomic mass is 10.0. The number of benzene rings is 1. The molecule has 0 fully saturated rings. The average molecular weight is 266 g/mol. The average Bonchev–Trinajstić information content (AvgIpc) is 2.86. The molecule has 0 bridgehead atoms. The summed E-state index contributed by atoms with van der Waals surface area (Å²) in [5, 5.41) is 0.622. The van der Waals surface area contributed by atoms with E-state index in [0.29, 0.717) is 10.8 Å². The molecule has 1 atom stereocenters. The van der Waals surface area contributed by atoms with Crippen molar-refractivity contribution in [1.29, 1.82) is 0 Å². The van der Waals surface area contributed by atoms with Gasteiger partial charge >= 0.3 is 0 Å². The van der Waals surface area contributed by atoms with E-state index in [1.165, 1.54) is 0 Å². The molecule has 1 aromatic carbocycles. The largest absolute Gasteiger partial charge is 0.496 e. The van der Waals surface area contributed by atoms with Gasteiger partial charge < -0.3 is 14.9 Å². The fraction of sp³-hybridized carbons (Fsp3) is 0.286. The van der Waals surface area contributed by atoms with Crippen molar-refractivity contribution in [3.63, 3.8) is 0 Å². The highest BCUT2D eigenvalue weighted by molar-refractivity contribution is 6.30. The predicted octanol–water partition coefficient (Wildman–Crippen LogP) is 3.55. The molecule has 2 aromatic rings. The van der Waals surface area contributed by atoms with Gasteiger partial charge in [-0.1, -0.05) is 24.6 Å². The van der Waals surface area contributed by atoms with Gasteiger partial charge in [0, 0.05) is 17.0 Å². The highest BCUT2D eigenvalue weighted by Gasteiger charge is 2.17. The summed E-state index contributed by atoms with van der Waals surface area (Å²) in [7, 11) is 1.60. The number of ether oxygens (including phenoxy) is 1. The SMILES string of the molecule is CCc1ccc(C(N)c2ccc(Cl)cc2OC)o1. The molecule has 0 radical (unpaired) electrons. The minimum absolute atomic E-state index is 0.350. The lowest BCUT2D eigenvalue weighted by Gasteiger charge is -2.14. The van der Waals surface area contributed by atoms with E-state index in [0.717, 1.165) is 23.5 Å². The molecular formula is C14H16ClNO2. The second-order valence-electron chi connectivity index (χ2n) is 4.02. The van der Waals surface area contributed by atoms with Gasteiger partial charge in [-0.25, -0.2) is 0 Å². The van der Waals surface area contributed by atoms with Gasteiger partial charge in [0.05, 0.1) is 13.2 Å². The van der Waals surface area contributed by atoms with E-state index in [1.54, 1.807) is 19.2 Å². The summed E-state index contributed by atoms with van der Waals surface area (Å²) in [6, 6.07) is 8.90. The lowest BCUT2D eigenvalue weighted by Crippen LogP contribution is -2.12. The molecule has 18 heavy (non-hydrogen) atoms. The van der Waals surface area contributed by atoms with Crippen LogP contribution in [0.1, 0.15) is 30.0 Å². The number of halogens is 1. The molecule has 3 nitrogen and oxygen atoms in total. The Morgan fingerprint density at radius 2 is 2.11 bits per heavy atom. The Morgan fingerprint density at radius 1 is 1.33 bits per heavy atom. The molecule has 0 aliphatic heterocycles. The first-order valence-electron chi connectivity index (χ1n) is 5.83. The third-order valence-corrected chi connectivity index (χ3v) is 3.10. The van der Waals surface area contributed by atoms with Gasteiger partial charge in [-0.15, -0.1) is 0 Å². The van der Waals surface area contributed by atoms with Gasteiger partial charge in [0.1, 0.15) is 17.3 Å². The number of hydrogen-bond acceptors (Lipinski definition) is 3. The molecule has 1 unspecified atom stereocenters. The molecule has 2 rings (SSSR count). The first-order chi connectivity index (χ1) is 8.65. The van der Waals surface area contributed by atoms with Crippen LogP contribution in [0.25, 0.3) is 0 Å². The Bertz CT molecular complexity index is 536. The quantitative estimate of drug-likeness (QED) is 0.920. The third kappa shape index (κ3) is 2.52. The second kappa shape index (κ2) is 5.46. The van der Waals surface area contributed by atoms with Crippen LogP contribution in [0.3, 0.4) is 0 Å². The molecule has 0 saturated heterocycles. The standard InChI is InChI=1S/C14H16ClNO2/c1-3-10-5-7-12(18-10)14(16)11-6-4-9(15)8-13(11)17-2/h4-8,14H,3,16H2,1-2H3. The van der Waals surface area contributed by atoms with Crippen LogP contribution in [0.4, 0.5) is 0 Å². The van der Waals surface area contributed by atoms with Crippen molar-refractivity contribution in [2.45, 2.75) is 19.4 Å². The van der Waals surface area contributed by atoms with Crippen LogP contribution in [0.2, 0.25) is 5.02 Å². The van der Waals surface area contributed by atoms with Crippen molar-refractivity contribution < 1.29 is 9.15 Å². The number of nitrogens with two attached hydrogens (primary N) is 1. The summed E-state index contributed by atoms with van der Waals surface area (Å²) in [4.78, 5) is 0. The van der Waals surface area contributed by atoms with E-state index >= 15 is 0 Å². The van der Waals surface area contributed by atoms with Gasteiger partial charge in [0.2, 0.25) is 0 Å². The zero-order valence-electron chi connectivity index (χ0n) is 10.4. The molecule has 0 saturated carbocycles. The van der Waals surface area contributed by atoms with E-state index in [4.69, 9.17) is 26.5 Å². The Balaban J connectivity index is 2.35. The van der Waals surface area contributed by atoms with Crippen molar-refractivity contribution in [1.82, 2.24) is 0 Å². The van der Waals surface area contributed by atoms with Crippen molar-refractivity contribution in [3.05, 3.63) is 52.4 Å². The maximum atomic E-state index is 6.19. The zero-order chi connectivity index (χ0) is 13.1. The van der Waals surface area contributed by atoms with E-state index in [9.17, 15) is 0 Å². The van der Waals surface area contributed by atoms with Crippen LogP contribution >= 0.6 is 11.6 Å². The Kier molecular flexibility index (Phi) is 3.94. The van der Waals surface area contributed by atoms with Crippen LogP contribution in [0.5, 0.6) is 5.75 Å². The predicted molar refractivity (Wildman–Crippen MR) is 72.1 cm³/mol.